The van der Waals surface area contributed by atoms with E-state index in [1.807, 2.05) is 18.2 Å². The normalized spacial score (nSPS) is 15.3. The molecule has 2 aromatic heterocycles. The molecule has 1 N–H and O–H groups in total. The van der Waals surface area contributed by atoms with Crippen LogP contribution in [0.3, 0.4) is 0 Å². The minimum Gasteiger partial charge on any atom is -0.370 e. The predicted octanol–water partition coefficient (Wildman–Crippen LogP) is 2.93. The maximum Gasteiger partial charge on any atom is 0.223 e. The van der Waals surface area contributed by atoms with Crippen molar-refractivity contribution in [2.75, 3.05) is 18.0 Å². The smallest absolute Gasteiger partial charge is 0.223 e. The van der Waals surface area contributed by atoms with Gasteiger partial charge in [0.1, 0.15) is 5.52 Å². The highest BCUT2D eigenvalue weighted by atomic mass is 32.1. The first-order valence-electron chi connectivity index (χ1n) is 8.87. The van der Waals surface area contributed by atoms with E-state index in [1.165, 1.54) is 22.9 Å². The molecule has 1 aliphatic heterocycles. The van der Waals surface area contributed by atoms with E-state index >= 15 is 0 Å². The molecule has 1 aliphatic rings. The molecule has 1 amide bonds. The van der Waals surface area contributed by atoms with E-state index in [-0.39, 0.29) is 11.8 Å². The Labute approximate surface area is 156 Å². The summed E-state index contributed by atoms with van der Waals surface area (Å²) in [4.78, 5) is 19.1. The summed E-state index contributed by atoms with van der Waals surface area (Å²) >= 11 is 1.19. The second-order valence-electron chi connectivity index (χ2n) is 6.67. The molecule has 0 radical (unpaired) electrons. The standard InChI is InChI=1S/C19H21N5OS/c1-13-4-2-3-5-15(13)12-21-19(25)14-7-10-24(11-8-14)16-6-9-20-18-17(16)22-26-23-18/h2-6,9,14H,7-8,10-12H2,1H3,(H,21,25). The highest BCUT2D eigenvalue weighted by Gasteiger charge is 2.26. The van der Waals surface area contributed by atoms with E-state index in [1.54, 1.807) is 6.20 Å². The van der Waals surface area contributed by atoms with E-state index in [4.69, 9.17) is 0 Å². The Morgan fingerprint density at radius 1 is 1.23 bits per heavy atom. The maximum absolute atomic E-state index is 12.5. The van der Waals surface area contributed by atoms with Crippen LogP contribution in [-0.2, 0) is 11.3 Å². The summed E-state index contributed by atoms with van der Waals surface area (Å²) in [5.74, 6) is 0.226. The average molecular weight is 367 g/mol. The molecule has 0 bridgehead atoms. The Morgan fingerprint density at radius 3 is 2.85 bits per heavy atom. The zero-order valence-corrected chi connectivity index (χ0v) is 15.5. The molecule has 3 aromatic rings. The number of amides is 1. The number of fused-ring (bicyclic) bond motifs is 1. The number of rotatable bonds is 4. The number of carbonyl (C=O) groups excluding carboxylic acids is 1. The number of nitrogens with zero attached hydrogens (tertiary/aromatic N) is 4. The average Bonchev–Trinajstić information content (AvgIpc) is 3.16. The number of anilines is 1. The largest absolute Gasteiger partial charge is 0.370 e. The van der Waals surface area contributed by atoms with Gasteiger partial charge in [0.2, 0.25) is 5.91 Å². The van der Waals surface area contributed by atoms with Crippen molar-refractivity contribution in [2.45, 2.75) is 26.3 Å². The van der Waals surface area contributed by atoms with Gasteiger partial charge in [0.15, 0.2) is 5.65 Å². The van der Waals surface area contributed by atoms with E-state index in [2.05, 4.69) is 43.0 Å². The quantitative estimate of drug-likeness (QED) is 0.768. The van der Waals surface area contributed by atoms with Crippen LogP contribution in [0.5, 0.6) is 0 Å². The molecule has 0 aliphatic carbocycles. The number of aromatic nitrogens is 3. The highest BCUT2D eigenvalue weighted by Crippen LogP contribution is 2.28. The molecular formula is C19H21N5OS. The van der Waals surface area contributed by atoms with Gasteiger partial charge in [-0.1, -0.05) is 24.3 Å². The summed E-state index contributed by atoms with van der Waals surface area (Å²) in [6.07, 6.45) is 3.47. The number of hydrogen-bond donors (Lipinski definition) is 1. The zero-order valence-electron chi connectivity index (χ0n) is 14.7. The van der Waals surface area contributed by atoms with Crippen LogP contribution < -0.4 is 10.2 Å². The summed E-state index contributed by atoms with van der Waals surface area (Å²) in [6, 6.07) is 10.2. The summed E-state index contributed by atoms with van der Waals surface area (Å²) in [7, 11) is 0. The highest BCUT2D eigenvalue weighted by molar-refractivity contribution is 7.00. The second-order valence-corrected chi connectivity index (χ2v) is 7.20. The molecule has 4 rings (SSSR count). The van der Waals surface area contributed by atoms with Gasteiger partial charge in [0, 0.05) is 31.7 Å². The van der Waals surface area contributed by atoms with E-state index < -0.39 is 0 Å². The van der Waals surface area contributed by atoms with Gasteiger partial charge in [0.05, 0.1) is 17.4 Å². The molecular weight excluding hydrogens is 346 g/mol. The second kappa shape index (κ2) is 7.37. The Hall–Kier alpha value is -2.54. The van der Waals surface area contributed by atoms with Crippen molar-refractivity contribution in [1.82, 2.24) is 19.0 Å². The van der Waals surface area contributed by atoms with Gasteiger partial charge in [-0.05, 0) is 37.0 Å². The number of piperidine rings is 1. The van der Waals surface area contributed by atoms with Crippen molar-refractivity contribution in [2.24, 2.45) is 5.92 Å². The van der Waals surface area contributed by atoms with Crippen LogP contribution in [-0.4, -0.2) is 32.7 Å². The number of benzene rings is 1. The molecule has 1 aromatic carbocycles. The number of hydrogen-bond acceptors (Lipinski definition) is 6. The van der Waals surface area contributed by atoms with Gasteiger partial charge in [-0.25, -0.2) is 4.98 Å². The lowest BCUT2D eigenvalue weighted by molar-refractivity contribution is -0.125. The number of aryl methyl sites for hydroxylation is 1. The molecule has 0 spiro atoms. The van der Waals surface area contributed by atoms with Crippen LogP contribution in [0.25, 0.3) is 11.2 Å². The molecule has 0 atom stereocenters. The van der Waals surface area contributed by atoms with Crippen LogP contribution in [0.4, 0.5) is 5.69 Å². The summed E-state index contributed by atoms with van der Waals surface area (Å²) in [5.41, 5.74) is 5.02. The monoisotopic (exact) mass is 367 g/mol. The molecule has 1 fully saturated rings. The van der Waals surface area contributed by atoms with E-state index in [0.29, 0.717) is 12.2 Å². The van der Waals surface area contributed by atoms with Gasteiger partial charge in [-0.2, -0.15) is 8.75 Å². The third kappa shape index (κ3) is 3.39. The minimum absolute atomic E-state index is 0.0705. The van der Waals surface area contributed by atoms with Crippen LogP contribution in [0.15, 0.2) is 36.5 Å². The summed E-state index contributed by atoms with van der Waals surface area (Å²) in [5, 5.41) is 3.10. The van der Waals surface area contributed by atoms with Crippen LogP contribution in [0.2, 0.25) is 0 Å². The first-order valence-corrected chi connectivity index (χ1v) is 9.60. The Bertz CT molecular complexity index is 917. The fourth-order valence-corrected chi connectivity index (χ4v) is 3.97. The van der Waals surface area contributed by atoms with Gasteiger partial charge < -0.3 is 10.2 Å². The molecule has 1 saturated heterocycles. The number of carbonyl (C=O) groups is 1. The van der Waals surface area contributed by atoms with Crippen molar-refractivity contribution in [3.05, 3.63) is 47.7 Å². The third-order valence-electron chi connectivity index (χ3n) is 5.06. The lowest BCUT2D eigenvalue weighted by Gasteiger charge is -2.32. The SMILES string of the molecule is Cc1ccccc1CNC(=O)C1CCN(c2ccnc3nsnc23)CC1. The maximum atomic E-state index is 12.5. The fraction of sp³-hybridized carbons (Fsp3) is 0.368. The molecule has 6 nitrogen and oxygen atoms in total. The number of nitrogens with one attached hydrogen (secondary N) is 1. The van der Waals surface area contributed by atoms with Crippen molar-refractivity contribution in [3.63, 3.8) is 0 Å². The van der Waals surface area contributed by atoms with E-state index in [0.717, 1.165) is 37.1 Å². The lowest BCUT2D eigenvalue weighted by atomic mass is 9.95. The van der Waals surface area contributed by atoms with Gasteiger partial charge in [-0.3, -0.25) is 4.79 Å². The Kier molecular flexibility index (Phi) is 4.79. The summed E-state index contributed by atoms with van der Waals surface area (Å²) in [6.45, 7) is 4.36. The van der Waals surface area contributed by atoms with Crippen LogP contribution >= 0.6 is 11.7 Å². The first kappa shape index (κ1) is 16.9. The zero-order chi connectivity index (χ0) is 17.9. The molecule has 3 heterocycles. The van der Waals surface area contributed by atoms with Crippen molar-refractivity contribution in [1.29, 1.82) is 0 Å². The van der Waals surface area contributed by atoms with Crippen LogP contribution in [0, 0.1) is 12.8 Å². The minimum atomic E-state index is 0.0705. The number of pyridine rings is 1. The fourth-order valence-electron chi connectivity index (χ4n) is 3.46. The molecule has 7 heteroatoms. The molecule has 0 saturated carbocycles. The first-order chi connectivity index (χ1) is 12.7. The summed E-state index contributed by atoms with van der Waals surface area (Å²) < 4.78 is 8.57. The van der Waals surface area contributed by atoms with Crippen molar-refractivity contribution in [3.8, 4) is 0 Å². The van der Waals surface area contributed by atoms with Gasteiger partial charge in [-0.15, -0.1) is 0 Å². The molecule has 26 heavy (non-hydrogen) atoms. The molecule has 134 valence electrons. The van der Waals surface area contributed by atoms with Crippen molar-refractivity contribution < 1.29 is 4.79 Å². The topological polar surface area (TPSA) is 71.0 Å². The third-order valence-corrected chi connectivity index (χ3v) is 5.58. The Balaban J connectivity index is 1.35. The lowest BCUT2D eigenvalue weighted by Crippen LogP contribution is -2.40. The predicted molar refractivity (Wildman–Crippen MR) is 103 cm³/mol. The van der Waals surface area contributed by atoms with Crippen LogP contribution in [0.1, 0.15) is 24.0 Å². The van der Waals surface area contributed by atoms with Gasteiger partial charge >= 0.3 is 0 Å². The van der Waals surface area contributed by atoms with E-state index in [9.17, 15) is 4.79 Å². The molecule has 0 unspecified atom stereocenters. The van der Waals surface area contributed by atoms with Gasteiger partial charge in [0.25, 0.3) is 0 Å². The Morgan fingerprint density at radius 2 is 2.04 bits per heavy atom. The van der Waals surface area contributed by atoms with Crippen molar-refractivity contribution >= 4 is 34.5 Å².